The molecule has 1 aromatic heterocycles. The molecule has 0 saturated carbocycles. The monoisotopic (exact) mass is 422 g/mol. The summed E-state index contributed by atoms with van der Waals surface area (Å²) in [4.78, 5) is 14.6. The van der Waals surface area contributed by atoms with E-state index in [-0.39, 0.29) is 11.7 Å². The van der Waals surface area contributed by atoms with Crippen molar-refractivity contribution < 1.29 is 18.7 Å². The smallest absolute Gasteiger partial charge is 0.265 e. The first kappa shape index (κ1) is 20.7. The van der Waals surface area contributed by atoms with Crippen LogP contribution in [0.3, 0.4) is 0 Å². The third kappa shape index (κ3) is 5.35. The summed E-state index contributed by atoms with van der Waals surface area (Å²) >= 11 is 0. The van der Waals surface area contributed by atoms with E-state index in [2.05, 4.69) is 20.4 Å². The molecule has 4 rings (SSSR count). The average Bonchev–Trinajstić information content (AvgIpc) is 2.81. The van der Waals surface area contributed by atoms with E-state index >= 15 is 0 Å². The number of nitrogens with one attached hydrogen (secondary N) is 1. The number of rotatable bonds is 6. The molecular formula is C23H23FN4O3. The molecule has 7 nitrogen and oxygen atoms in total. The Hall–Kier alpha value is -3.52. The fraction of sp³-hybridized carbons (Fsp3) is 0.261. The second-order valence-electron chi connectivity index (χ2n) is 7.16. The normalized spacial score (nSPS) is 14.7. The number of hydrogen-bond acceptors (Lipinski definition) is 6. The van der Waals surface area contributed by atoms with Gasteiger partial charge in [0.15, 0.2) is 11.9 Å². The first-order chi connectivity index (χ1) is 15.1. The van der Waals surface area contributed by atoms with Crippen LogP contribution in [0.25, 0.3) is 11.3 Å². The molecule has 0 spiro atoms. The van der Waals surface area contributed by atoms with Crippen molar-refractivity contribution in [2.24, 2.45) is 0 Å². The Balaban J connectivity index is 1.40. The molecule has 3 aromatic rings. The maximum atomic E-state index is 13.0. The van der Waals surface area contributed by atoms with Gasteiger partial charge in [0, 0.05) is 24.3 Å². The quantitative estimate of drug-likeness (QED) is 0.655. The van der Waals surface area contributed by atoms with Gasteiger partial charge in [-0.15, -0.1) is 10.2 Å². The van der Waals surface area contributed by atoms with Crippen LogP contribution in [0, 0.1) is 5.82 Å². The van der Waals surface area contributed by atoms with Crippen molar-refractivity contribution >= 4 is 17.4 Å². The zero-order valence-corrected chi connectivity index (χ0v) is 17.1. The lowest BCUT2D eigenvalue weighted by Crippen LogP contribution is -2.36. The molecule has 1 unspecified atom stereocenters. The minimum Gasteiger partial charge on any atom is -0.481 e. The zero-order chi connectivity index (χ0) is 21.6. The molecule has 160 valence electrons. The highest BCUT2D eigenvalue weighted by Gasteiger charge is 2.16. The van der Waals surface area contributed by atoms with E-state index < -0.39 is 6.10 Å². The summed E-state index contributed by atoms with van der Waals surface area (Å²) in [7, 11) is 0. The van der Waals surface area contributed by atoms with Crippen molar-refractivity contribution in [3.05, 3.63) is 66.5 Å². The number of aromatic nitrogens is 2. The first-order valence-corrected chi connectivity index (χ1v) is 10.1. The van der Waals surface area contributed by atoms with E-state index in [1.165, 1.54) is 24.3 Å². The molecule has 1 fully saturated rings. The summed E-state index contributed by atoms with van der Waals surface area (Å²) in [6.07, 6.45) is -0.748. The van der Waals surface area contributed by atoms with Gasteiger partial charge in [0.25, 0.3) is 5.91 Å². The lowest BCUT2D eigenvalue weighted by Gasteiger charge is -2.27. The predicted molar refractivity (Wildman–Crippen MR) is 116 cm³/mol. The van der Waals surface area contributed by atoms with Crippen LogP contribution in [-0.2, 0) is 9.53 Å². The number of morpholine rings is 1. The maximum absolute atomic E-state index is 13.0. The van der Waals surface area contributed by atoms with Crippen LogP contribution in [0.5, 0.6) is 5.75 Å². The van der Waals surface area contributed by atoms with E-state index in [9.17, 15) is 9.18 Å². The number of amides is 1. The Kier molecular flexibility index (Phi) is 6.37. The van der Waals surface area contributed by atoms with Crippen molar-refractivity contribution in [3.63, 3.8) is 0 Å². The maximum Gasteiger partial charge on any atom is 0.265 e. The summed E-state index contributed by atoms with van der Waals surface area (Å²) in [6, 6.07) is 16.8. The van der Waals surface area contributed by atoms with Gasteiger partial charge in [-0.05, 0) is 55.5 Å². The minimum atomic E-state index is -0.748. The summed E-state index contributed by atoms with van der Waals surface area (Å²) in [5.41, 5.74) is 2.17. The molecular weight excluding hydrogens is 399 g/mol. The van der Waals surface area contributed by atoms with E-state index in [1.807, 2.05) is 30.3 Å². The topological polar surface area (TPSA) is 76.6 Å². The average molecular weight is 422 g/mol. The summed E-state index contributed by atoms with van der Waals surface area (Å²) in [5, 5.41) is 11.5. The van der Waals surface area contributed by atoms with Gasteiger partial charge in [-0.25, -0.2) is 4.39 Å². The van der Waals surface area contributed by atoms with Crippen LogP contribution in [0.4, 0.5) is 15.9 Å². The fourth-order valence-corrected chi connectivity index (χ4v) is 3.21. The van der Waals surface area contributed by atoms with Gasteiger partial charge in [-0.3, -0.25) is 4.79 Å². The lowest BCUT2D eigenvalue weighted by molar-refractivity contribution is -0.122. The number of nitrogens with zero attached hydrogens (tertiary/aromatic N) is 3. The molecule has 0 aliphatic carbocycles. The third-order valence-corrected chi connectivity index (χ3v) is 4.91. The second kappa shape index (κ2) is 9.53. The molecule has 1 amide bonds. The molecule has 0 bridgehead atoms. The number of carbonyl (C=O) groups is 1. The van der Waals surface area contributed by atoms with Gasteiger partial charge in [0.05, 0.1) is 18.9 Å². The van der Waals surface area contributed by atoms with Crippen molar-refractivity contribution in [1.29, 1.82) is 0 Å². The molecule has 1 aliphatic rings. The van der Waals surface area contributed by atoms with Crippen LogP contribution in [0.15, 0.2) is 60.7 Å². The van der Waals surface area contributed by atoms with Gasteiger partial charge in [0.1, 0.15) is 11.6 Å². The van der Waals surface area contributed by atoms with Gasteiger partial charge in [-0.1, -0.05) is 12.1 Å². The molecule has 1 N–H and O–H groups in total. The van der Waals surface area contributed by atoms with Crippen LogP contribution in [-0.4, -0.2) is 48.5 Å². The summed E-state index contributed by atoms with van der Waals surface area (Å²) in [6.45, 7) is 4.61. The molecule has 1 aliphatic heterocycles. The van der Waals surface area contributed by atoms with Gasteiger partial charge < -0.3 is 19.7 Å². The van der Waals surface area contributed by atoms with Crippen LogP contribution in [0.1, 0.15) is 6.92 Å². The Morgan fingerprint density at radius 3 is 2.58 bits per heavy atom. The molecule has 1 atom stereocenters. The van der Waals surface area contributed by atoms with Crippen LogP contribution in [0.2, 0.25) is 0 Å². The molecule has 2 aromatic carbocycles. The zero-order valence-electron chi connectivity index (χ0n) is 17.1. The van der Waals surface area contributed by atoms with Crippen LogP contribution >= 0.6 is 0 Å². The number of halogens is 1. The predicted octanol–water partition coefficient (Wildman–Crippen LogP) is 3.53. The highest BCUT2D eigenvalue weighted by molar-refractivity contribution is 5.94. The SMILES string of the molecule is CC(Oc1ccc(F)cc1)C(=O)Nc1cccc(-c2ccc(N3CCOCC3)nn2)c1. The number of hydrogen-bond donors (Lipinski definition) is 1. The second-order valence-corrected chi connectivity index (χ2v) is 7.16. The van der Waals surface area contributed by atoms with Gasteiger partial charge >= 0.3 is 0 Å². The number of anilines is 2. The first-order valence-electron chi connectivity index (χ1n) is 10.1. The van der Waals surface area contributed by atoms with Crippen molar-refractivity contribution in [2.75, 3.05) is 36.5 Å². The Labute approximate surface area is 179 Å². The highest BCUT2D eigenvalue weighted by Crippen LogP contribution is 2.23. The van der Waals surface area contributed by atoms with Crippen molar-refractivity contribution in [1.82, 2.24) is 10.2 Å². The summed E-state index contributed by atoms with van der Waals surface area (Å²) < 4.78 is 24.0. The van der Waals surface area contributed by atoms with E-state index in [0.29, 0.717) is 30.3 Å². The van der Waals surface area contributed by atoms with Crippen LogP contribution < -0.4 is 15.0 Å². The number of ether oxygens (including phenoxy) is 2. The van der Waals surface area contributed by atoms with Gasteiger partial charge in [0.2, 0.25) is 0 Å². The Morgan fingerprint density at radius 1 is 1.10 bits per heavy atom. The van der Waals surface area contributed by atoms with E-state index in [0.717, 1.165) is 24.5 Å². The van der Waals surface area contributed by atoms with Crippen molar-refractivity contribution in [2.45, 2.75) is 13.0 Å². The largest absolute Gasteiger partial charge is 0.481 e. The molecule has 8 heteroatoms. The van der Waals surface area contributed by atoms with E-state index in [4.69, 9.17) is 9.47 Å². The molecule has 1 saturated heterocycles. The summed E-state index contributed by atoms with van der Waals surface area (Å²) in [5.74, 6) is 0.578. The van der Waals surface area contributed by atoms with Crippen molar-refractivity contribution in [3.8, 4) is 17.0 Å². The van der Waals surface area contributed by atoms with Gasteiger partial charge in [-0.2, -0.15) is 0 Å². The minimum absolute atomic E-state index is 0.310. The Morgan fingerprint density at radius 2 is 1.87 bits per heavy atom. The lowest BCUT2D eigenvalue weighted by atomic mass is 10.1. The third-order valence-electron chi connectivity index (χ3n) is 4.91. The highest BCUT2D eigenvalue weighted by atomic mass is 19.1. The number of carbonyl (C=O) groups excluding carboxylic acids is 1. The fourth-order valence-electron chi connectivity index (χ4n) is 3.21. The molecule has 2 heterocycles. The number of benzene rings is 2. The Bertz CT molecular complexity index is 1020. The van der Waals surface area contributed by atoms with E-state index in [1.54, 1.807) is 13.0 Å². The molecule has 0 radical (unpaired) electrons. The standard InChI is InChI=1S/C23H23FN4O3/c1-16(31-20-7-5-18(24)6-8-20)23(29)25-19-4-2-3-17(15-19)21-9-10-22(27-26-21)28-11-13-30-14-12-28/h2-10,15-16H,11-14H2,1H3,(H,25,29). The molecule has 31 heavy (non-hydrogen) atoms.